The zero-order chi connectivity index (χ0) is 16.2. The number of hydrogen-bond acceptors (Lipinski definition) is 3. The summed E-state index contributed by atoms with van der Waals surface area (Å²) in [6.07, 6.45) is -2.05. The van der Waals surface area contributed by atoms with Crippen molar-refractivity contribution < 1.29 is 23.1 Å². The van der Waals surface area contributed by atoms with Crippen LogP contribution in [0.15, 0.2) is 29.2 Å². The van der Waals surface area contributed by atoms with E-state index in [1.165, 1.54) is 12.1 Å². The van der Waals surface area contributed by atoms with Crippen molar-refractivity contribution in [3.8, 4) is 0 Å². The number of anilines is 1. The predicted octanol–water partition coefficient (Wildman–Crippen LogP) is 3.38. The molecule has 1 aromatic carbocycles. The molecule has 1 fully saturated rings. The summed E-state index contributed by atoms with van der Waals surface area (Å²) in [5.41, 5.74) is -0.531. The molecule has 2 rings (SSSR count). The van der Waals surface area contributed by atoms with Gasteiger partial charge in [0.15, 0.2) is 0 Å². The number of urea groups is 1. The third-order valence-electron chi connectivity index (χ3n) is 3.39. The van der Waals surface area contributed by atoms with Crippen LogP contribution < -0.4 is 10.6 Å². The van der Waals surface area contributed by atoms with Crippen molar-refractivity contribution in [1.29, 1.82) is 0 Å². The van der Waals surface area contributed by atoms with E-state index < -0.39 is 23.6 Å². The maximum Gasteiger partial charge on any atom is 0.398 e. The van der Waals surface area contributed by atoms with Gasteiger partial charge < -0.3 is 15.7 Å². The van der Waals surface area contributed by atoms with E-state index in [-0.39, 0.29) is 6.54 Å². The van der Waals surface area contributed by atoms with Crippen LogP contribution >= 0.6 is 11.8 Å². The Hall–Kier alpha value is -1.41. The Labute approximate surface area is 130 Å². The predicted molar refractivity (Wildman–Crippen MR) is 79.0 cm³/mol. The average Bonchev–Trinajstić information content (AvgIpc) is 2.41. The number of alkyl halides is 3. The van der Waals surface area contributed by atoms with Gasteiger partial charge in [-0.1, -0.05) is 12.1 Å². The SMILES string of the molecule is O=C(NCC1(O)CCC1)Nc1ccccc1SCC(F)(F)F. The quantitative estimate of drug-likeness (QED) is 0.724. The number of amides is 2. The summed E-state index contributed by atoms with van der Waals surface area (Å²) in [5.74, 6) is -1.02. The molecule has 2 amide bonds. The topological polar surface area (TPSA) is 61.4 Å². The lowest BCUT2D eigenvalue weighted by Gasteiger charge is -2.36. The highest BCUT2D eigenvalue weighted by Gasteiger charge is 2.34. The second-order valence-corrected chi connectivity index (χ2v) is 6.30. The van der Waals surface area contributed by atoms with Crippen LogP contribution in [0.3, 0.4) is 0 Å². The minimum Gasteiger partial charge on any atom is -0.388 e. The molecule has 4 nitrogen and oxygen atoms in total. The third-order valence-corrected chi connectivity index (χ3v) is 4.53. The summed E-state index contributed by atoms with van der Waals surface area (Å²) in [7, 11) is 0. The average molecular weight is 334 g/mol. The minimum atomic E-state index is -4.27. The van der Waals surface area contributed by atoms with Crippen molar-refractivity contribution in [2.45, 2.75) is 35.9 Å². The van der Waals surface area contributed by atoms with Crippen LogP contribution in [-0.2, 0) is 0 Å². The van der Waals surface area contributed by atoms with Crippen LogP contribution in [-0.4, -0.2) is 35.2 Å². The molecule has 0 spiro atoms. The number of rotatable bonds is 5. The first kappa shape index (κ1) is 17.0. The monoisotopic (exact) mass is 334 g/mol. The second kappa shape index (κ2) is 6.78. The fraction of sp³-hybridized carbons (Fsp3) is 0.500. The maximum atomic E-state index is 12.3. The standard InChI is InChI=1S/C14H17F3N2O2S/c15-14(16,17)9-22-11-5-2-1-4-10(11)19-12(20)18-8-13(21)6-3-7-13/h1-2,4-5,21H,3,6-9H2,(H2,18,19,20). The molecule has 0 saturated heterocycles. The van der Waals surface area contributed by atoms with E-state index in [0.29, 0.717) is 35.2 Å². The minimum absolute atomic E-state index is 0.136. The molecule has 3 N–H and O–H groups in total. The van der Waals surface area contributed by atoms with E-state index in [2.05, 4.69) is 10.6 Å². The number of carbonyl (C=O) groups excluding carboxylic acids is 1. The molecule has 0 heterocycles. The van der Waals surface area contributed by atoms with E-state index in [9.17, 15) is 23.1 Å². The Bertz CT molecular complexity index is 533. The summed E-state index contributed by atoms with van der Waals surface area (Å²) >= 11 is 0.618. The summed E-state index contributed by atoms with van der Waals surface area (Å²) in [4.78, 5) is 12.1. The Balaban J connectivity index is 1.89. The normalized spacial score (nSPS) is 16.7. The molecule has 0 bridgehead atoms. The van der Waals surface area contributed by atoms with Gasteiger partial charge in [-0.3, -0.25) is 0 Å². The van der Waals surface area contributed by atoms with Gasteiger partial charge in [0.1, 0.15) is 0 Å². The molecule has 8 heteroatoms. The molecule has 1 aliphatic carbocycles. The highest BCUT2D eigenvalue weighted by molar-refractivity contribution is 7.99. The fourth-order valence-electron chi connectivity index (χ4n) is 2.03. The first-order chi connectivity index (χ1) is 10.3. The molecule has 122 valence electrons. The Morgan fingerprint density at radius 3 is 2.59 bits per heavy atom. The molecular weight excluding hydrogens is 317 g/mol. The lowest BCUT2D eigenvalue weighted by atomic mass is 9.80. The van der Waals surface area contributed by atoms with Crippen molar-refractivity contribution in [2.24, 2.45) is 0 Å². The smallest absolute Gasteiger partial charge is 0.388 e. The summed E-state index contributed by atoms with van der Waals surface area (Å²) in [6, 6.07) is 5.76. The Morgan fingerprint density at radius 2 is 2.00 bits per heavy atom. The van der Waals surface area contributed by atoms with Gasteiger partial charge in [-0.15, -0.1) is 11.8 Å². The van der Waals surface area contributed by atoms with Crippen molar-refractivity contribution in [3.05, 3.63) is 24.3 Å². The van der Waals surface area contributed by atoms with Crippen molar-refractivity contribution in [1.82, 2.24) is 5.32 Å². The van der Waals surface area contributed by atoms with Gasteiger partial charge in [-0.25, -0.2) is 4.79 Å². The molecule has 0 unspecified atom stereocenters. The number of nitrogens with one attached hydrogen (secondary N) is 2. The van der Waals surface area contributed by atoms with E-state index in [4.69, 9.17) is 0 Å². The van der Waals surface area contributed by atoms with Gasteiger partial charge in [-0.05, 0) is 31.4 Å². The summed E-state index contributed by atoms with van der Waals surface area (Å²) in [5, 5.41) is 14.9. The molecule has 0 aromatic heterocycles. The van der Waals surface area contributed by atoms with Gasteiger partial charge in [-0.2, -0.15) is 13.2 Å². The first-order valence-electron chi connectivity index (χ1n) is 6.83. The largest absolute Gasteiger partial charge is 0.398 e. The van der Waals surface area contributed by atoms with Crippen LogP contribution in [0.5, 0.6) is 0 Å². The van der Waals surface area contributed by atoms with Gasteiger partial charge in [0.05, 0.1) is 17.0 Å². The summed E-state index contributed by atoms with van der Waals surface area (Å²) in [6.45, 7) is 0.136. The number of carbonyl (C=O) groups is 1. The van der Waals surface area contributed by atoms with Crippen LogP contribution in [0.2, 0.25) is 0 Å². The number of hydrogen-bond donors (Lipinski definition) is 3. The van der Waals surface area contributed by atoms with Crippen molar-refractivity contribution in [2.75, 3.05) is 17.6 Å². The second-order valence-electron chi connectivity index (χ2n) is 5.29. The first-order valence-corrected chi connectivity index (χ1v) is 7.82. The van der Waals surface area contributed by atoms with E-state index in [1.54, 1.807) is 12.1 Å². The highest BCUT2D eigenvalue weighted by Crippen LogP contribution is 2.32. The number of halogens is 3. The zero-order valence-electron chi connectivity index (χ0n) is 11.7. The maximum absolute atomic E-state index is 12.3. The molecule has 0 radical (unpaired) electrons. The van der Waals surface area contributed by atoms with Crippen molar-refractivity contribution >= 4 is 23.5 Å². The lowest BCUT2D eigenvalue weighted by Crippen LogP contribution is -2.48. The Kier molecular flexibility index (Phi) is 5.23. The highest BCUT2D eigenvalue weighted by atomic mass is 32.2. The van der Waals surface area contributed by atoms with Crippen molar-refractivity contribution in [3.63, 3.8) is 0 Å². The Morgan fingerprint density at radius 1 is 1.32 bits per heavy atom. The molecular formula is C14H17F3N2O2S. The summed E-state index contributed by atoms with van der Waals surface area (Å²) < 4.78 is 36.9. The molecule has 1 aromatic rings. The van der Waals surface area contributed by atoms with Gasteiger partial charge in [0, 0.05) is 11.4 Å². The van der Waals surface area contributed by atoms with Crippen LogP contribution in [0.1, 0.15) is 19.3 Å². The molecule has 0 aliphatic heterocycles. The lowest BCUT2D eigenvalue weighted by molar-refractivity contribution is -0.105. The van der Waals surface area contributed by atoms with Crippen LogP contribution in [0, 0.1) is 0 Å². The van der Waals surface area contributed by atoms with Gasteiger partial charge >= 0.3 is 12.2 Å². The number of benzene rings is 1. The van der Waals surface area contributed by atoms with E-state index >= 15 is 0 Å². The van der Waals surface area contributed by atoms with Gasteiger partial charge in [0.25, 0.3) is 0 Å². The zero-order valence-corrected chi connectivity index (χ0v) is 12.6. The van der Waals surface area contributed by atoms with Crippen LogP contribution in [0.25, 0.3) is 0 Å². The van der Waals surface area contributed by atoms with E-state index in [1.807, 2.05) is 0 Å². The van der Waals surface area contributed by atoms with E-state index in [0.717, 1.165) is 6.42 Å². The number of thioether (sulfide) groups is 1. The molecule has 1 saturated carbocycles. The molecule has 1 aliphatic rings. The third kappa shape index (κ3) is 5.10. The fourth-order valence-corrected chi connectivity index (χ4v) is 2.80. The van der Waals surface area contributed by atoms with Crippen LogP contribution in [0.4, 0.5) is 23.7 Å². The number of aliphatic hydroxyl groups is 1. The van der Waals surface area contributed by atoms with Gasteiger partial charge in [0.2, 0.25) is 0 Å². The molecule has 0 atom stereocenters. The number of para-hydroxylation sites is 1. The molecule has 22 heavy (non-hydrogen) atoms.